The van der Waals surface area contributed by atoms with Crippen LogP contribution in [0.3, 0.4) is 0 Å². The van der Waals surface area contributed by atoms with E-state index in [0.29, 0.717) is 5.92 Å². The first-order valence-electron chi connectivity index (χ1n) is 6.77. The van der Waals surface area contributed by atoms with E-state index in [0.717, 1.165) is 25.5 Å². The van der Waals surface area contributed by atoms with Crippen molar-refractivity contribution in [2.45, 2.75) is 33.1 Å². The standard InChI is InChI=1S/C12H27N5/c1-3-7-14-12(16-13)15-10-11-5-8-17(4-2)9-6-11/h11H,3-10,13H2,1-2H3,(H2,14,15,16). The molecule has 100 valence electrons. The highest BCUT2D eigenvalue weighted by atomic mass is 15.3. The Bertz CT molecular complexity index is 221. The van der Waals surface area contributed by atoms with E-state index < -0.39 is 0 Å². The van der Waals surface area contributed by atoms with E-state index in [9.17, 15) is 0 Å². The molecule has 1 saturated heterocycles. The first-order chi connectivity index (χ1) is 8.30. The van der Waals surface area contributed by atoms with Crippen molar-refractivity contribution in [2.24, 2.45) is 16.8 Å². The van der Waals surface area contributed by atoms with Crippen molar-refractivity contribution >= 4 is 5.96 Å². The average molecular weight is 241 g/mol. The molecular weight excluding hydrogens is 214 g/mol. The summed E-state index contributed by atoms with van der Waals surface area (Å²) in [6.07, 6.45) is 3.58. The van der Waals surface area contributed by atoms with Gasteiger partial charge in [0.05, 0.1) is 0 Å². The van der Waals surface area contributed by atoms with Crippen LogP contribution in [-0.2, 0) is 0 Å². The normalized spacial score (nSPS) is 19.4. The third-order valence-corrected chi connectivity index (χ3v) is 3.34. The van der Waals surface area contributed by atoms with Gasteiger partial charge in [-0.25, -0.2) is 5.84 Å². The molecule has 5 heteroatoms. The maximum absolute atomic E-state index is 5.42. The number of nitrogens with one attached hydrogen (secondary N) is 2. The Morgan fingerprint density at radius 3 is 2.59 bits per heavy atom. The number of nitrogens with two attached hydrogens (primary N) is 1. The maximum Gasteiger partial charge on any atom is 0.205 e. The minimum absolute atomic E-state index is 0.713. The van der Waals surface area contributed by atoms with Gasteiger partial charge in [-0.05, 0) is 44.8 Å². The molecule has 0 unspecified atom stereocenters. The molecule has 0 amide bonds. The fourth-order valence-electron chi connectivity index (χ4n) is 2.10. The fraction of sp³-hybridized carbons (Fsp3) is 0.917. The smallest absolute Gasteiger partial charge is 0.205 e. The number of hydrogen-bond donors (Lipinski definition) is 3. The minimum atomic E-state index is 0.713. The minimum Gasteiger partial charge on any atom is -0.355 e. The summed E-state index contributed by atoms with van der Waals surface area (Å²) in [4.78, 5) is 7.00. The zero-order valence-electron chi connectivity index (χ0n) is 11.2. The summed E-state index contributed by atoms with van der Waals surface area (Å²) in [5, 5.41) is 3.18. The Balaban J connectivity index is 2.26. The van der Waals surface area contributed by atoms with Crippen LogP contribution in [-0.4, -0.2) is 43.6 Å². The van der Waals surface area contributed by atoms with Gasteiger partial charge in [-0.3, -0.25) is 10.4 Å². The molecule has 0 bridgehead atoms. The summed E-state index contributed by atoms with van der Waals surface area (Å²) in [6, 6.07) is 0. The summed E-state index contributed by atoms with van der Waals surface area (Å²) in [7, 11) is 0. The first kappa shape index (κ1) is 14.3. The molecule has 4 N–H and O–H groups in total. The van der Waals surface area contributed by atoms with Gasteiger partial charge >= 0.3 is 0 Å². The molecule has 0 aromatic heterocycles. The lowest BCUT2D eigenvalue weighted by Crippen LogP contribution is -2.42. The average Bonchev–Trinajstić information content (AvgIpc) is 2.39. The molecule has 0 saturated carbocycles. The Kier molecular flexibility index (Phi) is 6.96. The number of rotatable bonds is 5. The molecular formula is C12H27N5. The second kappa shape index (κ2) is 8.31. The predicted octanol–water partition coefficient (Wildman–Crippen LogP) is 0.537. The number of hydrazine groups is 1. The van der Waals surface area contributed by atoms with Crippen LogP contribution in [0.1, 0.15) is 33.1 Å². The van der Waals surface area contributed by atoms with Crippen molar-refractivity contribution in [3.8, 4) is 0 Å². The third kappa shape index (κ3) is 5.37. The van der Waals surface area contributed by atoms with E-state index in [1.807, 2.05) is 0 Å². The number of piperidine rings is 1. The van der Waals surface area contributed by atoms with Gasteiger partial charge in [-0.15, -0.1) is 0 Å². The van der Waals surface area contributed by atoms with Crippen LogP contribution in [0.25, 0.3) is 0 Å². The van der Waals surface area contributed by atoms with Crippen molar-refractivity contribution < 1.29 is 0 Å². The molecule has 17 heavy (non-hydrogen) atoms. The lowest BCUT2D eigenvalue weighted by molar-refractivity contribution is 0.196. The largest absolute Gasteiger partial charge is 0.355 e. The summed E-state index contributed by atoms with van der Waals surface area (Å²) in [5.74, 6) is 6.86. The van der Waals surface area contributed by atoms with Crippen LogP contribution in [0.5, 0.6) is 0 Å². The van der Waals surface area contributed by atoms with Crippen LogP contribution in [0, 0.1) is 5.92 Å². The highest BCUT2D eigenvalue weighted by Gasteiger charge is 2.17. The SMILES string of the molecule is CCCNC(=NCC1CCN(CC)CC1)NN. The maximum atomic E-state index is 5.42. The van der Waals surface area contributed by atoms with Gasteiger partial charge in [0.2, 0.25) is 5.96 Å². The zero-order chi connectivity index (χ0) is 12.5. The highest BCUT2D eigenvalue weighted by molar-refractivity contribution is 5.79. The van der Waals surface area contributed by atoms with Gasteiger partial charge in [0.25, 0.3) is 0 Å². The number of hydrogen-bond acceptors (Lipinski definition) is 3. The molecule has 0 aromatic rings. The Labute approximate surface area is 105 Å². The second-order valence-electron chi connectivity index (χ2n) is 4.64. The zero-order valence-corrected chi connectivity index (χ0v) is 11.2. The summed E-state index contributed by atoms with van der Waals surface area (Å²) in [6.45, 7) is 9.74. The molecule has 0 radical (unpaired) electrons. The number of aliphatic imine (C=N–C) groups is 1. The van der Waals surface area contributed by atoms with Crippen molar-refractivity contribution in [3.05, 3.63) is 0 Å². The summed E-state index contributed by atoms with van der Waals surface area (Å²) < 4.78 is 0. The summed E-state index contributed by atoms with van der Waals surface area (Å²) >= 11 is 0. The Morgan fingerprint density at radius 2 is 2.06 bits per heavy atom. The van der Waals surface area contributed by atoms with Crippen LogP contribution in [0.4, 0.5) is 0 Å². The molecule has 1 rings (SSSR count). The molecule has 5 nitrogen and oxygen atoms in total. The molecule has 0 spiro atoms. The van der Waals surface area contributed by atoms with E-state index in [1.165, 1.54) is 32.5 Å². The third-order valence-electron chi connectivity index (χ3n) is 3.34. The molecule has 0 aromatic carbocycles. The van der Waals surface area contributed by atoms with Crippen LogP contribution < -0.4 is 16.6 Å². The lowest BCUT2D eigenvalue weighted by Gasteiger charge is -2.30. The van der Waals surface area contributed by atoms with Gasteiger partial charge in [-0.1, -0.05) is 13.8 Å². The highest BCUT2D eigenvalue weighted by Crippen LogP contribution is 2.16. The first-order valence-corrected chi connectivity index (χ1v) is 6.77. The number of likely N-dealkylation sites (tertiary alicyclic amines) is 1. The van der Waals surface area contributed by atoms with E-state index >= 15 is 0 Å². The Morgan fingerprint density at radius 1 is 1.35 bits per heavy atom. The molecule has 0 atom stereocenters. The lowest BCUT2D eigenvalue weighted by atomic mass is 9.97. The van der Waals surface area contributed by atoms with Crippen LogP contribution >= 0.6 is 0 Å². The van der Waals surface area contributed by atoms with Crippen molar-refractivity contribution in [1.29, 1.82) is 0 Å². The monoisotopic (exact) mass is 241 g/mol. The number of nitrogens with zero attached hydrogens (tertiary/aromatic N) is 2. The van der Waals surface area contributed by atoms with E-state index in [1.54, 1.807) is 0 Å². The molecule has 1 heterocycles. The van der Waals surface area contributed by atoms with E-state index in [-0.39, 0.29) is 0 Å². The molecule has 1 aliphatic heterocycles. The predicted molar refractivity (Wildman–Crippen MR) is 72.8 cm³/mol. The van der Waals surface area contributed by atoms with Crippen LogP contribution in [0.15, 0.2) is 4.99 Å². The molecule has 1 fully saturated rings. The second-order valence-corrected chi connectivity index (χ2v) is 4.64. The van der Waals surface area contributed by atoms with Gasteiger partial charge in [0, 0.05) is 13.1 Å². The van der Waals surface area contributed by atoms with E-state index in [4.69, 9.17) is 5.84 Å². The van der Waals surface area contributed by atoms with Crippen LogP contribution in [0.2, 0.25) is 0 Å². The van der Waals surface area contributed by atoms with Crippen molar-refractivity contribution in [2.75, 3.05) is 32.7 Å². The van der Waals surface area contributed by atoms with E-state index in [2.05, 4.69) is 34.5 Å². The topological polar surface area (TPSA) is 65.7 Å². The van der Waals surface area contributed by atoms with Gasteiger partial charge in [-0.2, -0.15) is 0 Å². The van der Waals surface area contributed by atoms with Crippen molar-refractivity contribution in [3.63, 3.8) is 0 Å². The molecule has 1 aliphatic rings. The van der Waals surface area contributed by atoms with Gasteiger partial charge in [0.15, 0.2) is 0 Å². The quantitative estimate of drug-likeness (QED) is 0.284. The summed E-state index contributed by atoms with van der Waals surface area (Å²) in [5.41, 5.74) is 2.62. The fourth-order valence-corrected chi connectivity index (χ4v) is 2.10. The molecule has 0 aliphatic carbocycles. The van der Waals surface area contributed by atoms with Gasteiger partial charge < -0.3 is 10.2 Å². The van der Waals surface area contributed by atoms with Gasteiger partial charge in [0.1, 0.15) is 0 Å². The van der Waals surface area contributed by atoms with Crippen molar-refractivity contribution in [1.82, 2.24) is 15.6 Å². The Hall–Kier alpha value is -0.810. The number of guanidine groups is 1.